The van der Waals surface area contributed by atoms with Crippen LogP contribution >= 0.6 is 11.6 Å². The van der Waals surface area contributed by atoms with Gasteiger partial charge >= 0.3 is 0 Å². The molecule has 2 aromatic heterocycles. The zero-order valence-electron chi connectivity index (χ0n) is 14.5. The minimum atomic E-state index is -0.259. The van der Waals surface area contributed by atoms with Crippen LogP contribution in [0.3, 0.4) is 0 Å². The molecule has 0 atom stereocenters. The van der Waals surface area contributed by atoms with Gasteiger partial charge in [0.25, 0.3) is 5.91 Å². The third-order valence-electron chi connectivity index (χ3n) is 3.58. The van der Waals surface area contributed by atoms with E-state index in [9.17, 15) is 4.79 Å². The first kappa shape index (κ1) is 17.9. The third-order valence-corrected chi connectivity index (χ3v) is 3.81. The van der Waals surface area contributed by atoms with Crippen molar-refractivity contribution in [3.8, 4) is 17.1 Å². The second-order valence-corrected chi connectivity index (χ2v) is 6.43. The smallest absolute Gasteiger partial charge is 0.269 e. The molecule has 1 aromatic carbocycles. The number of H-pyrrole nitrogens is 1. The van der Waals surface area contributed by atoms with Gasteiger partial charge in [0.05, 0.1) is 11.8 Å². The number of pyridine rings is 1. The molecule has 0 unspecified atom stereocenters. The second-order valence-electron chi connectivity index (χ2n) is 5.99. The number of rotatable bonds is 6. The molecule has 2 N–H and O–H groups in total. The molecule has 0 aliphatic heterocycles. The summed E-state index contributed by atoms with van der Waals surface area (Å²) in [6.45, 7) is 4.16. The molecule has 2 heterocycles. The zero-order valence-corrected chi connectivity index (χ0v) is 15.2. The van der Waals surface area contributed by atoms with Gasteiger partial charge in [0.2, 0.25) is 5.88 Å². The standard InChI is InChI=1S/C19H19ClN4O2/c1-12(2)26-19-14(6-4-8-21-19)11-22-18(25)17-10-16(23-24-17)13-5-3-7-15(20)9-13/h3-10,12H,11H2,1-2H3,(H,22,25)(H,23,24). The van der Waals surface area contributed by atoms with E-state index in [0.29, 0.717) is 28.8 Å². The molecule has 0 radical (unpaired) electrons. The molecular formula is C19H19ClN4O2. The summed E-state index contributed by atoms with van der Waals surface area (Å²) in [4.78, 5) is 16.6. The van der Waals surface area contributed by atoms with Crippen molar-refractivity contribution in [1.82, 2.24) is 20.5 Å². The van der Waals surface area contributed by atoms with Crippen LogP contribution in [-0.4, -0.2) is 27.2 Å². The molecule has 3 rings (SSSR count). The van der Waals surface area contributed by atoms with Gasteiger partial charge in [-0.05, 0) is 38.1 Å². The lowest BCUT2D eigenvalue weighted by atomic mass is 10.1. The summed E-state index contributed by atoms with van der Waals surface area (Å²) in [5, 5.41) is 10.4. The van der Waals surface area contributed by atoms with Crippen LogP contribution in [-0.2, 0) is 6.54 Å². The molecule has 7 heteroatoms. The lowest BCUT2D eigenvalue weighted by Crippen LogP contribution is -2.24. The predicted octanol–water partition coefficient (Wildman–Crippen LogP) is 3.84. The highest BCUT2D eigenvalue weighted by molar-refractivity contribution is 6.30. The Bertz CT molecular complexity index is 908. The number of aromatic nitrogens is 3. The highest BCUT2D eigenvalue weighted by Crippen LogP contribution is 2.21. The van der Waals surface area contributed by atoms with Gasteiger partial charge in [0.15, 0.2) is 0 Å². The van der Waals surface area contributed by atoms with Crippen LogP contribution in [0.4, 0.5) is 0 Å². The van der Waals surface area contributed by atoms with Crippen molar-refractivity contribution in [1.29, 1.82) is 0 Å². The molecule has 134 valence electrons. The minimum Gasteiger partial charge on any atom is -0.475 e. The van der Waals surface area contributed by atoms with E-state index in [1.54, 1.807) is 24.4 Å². The van der Waals surface area contributed by atoms with Crippen molar-refractivity contribution < 1.29 is 9.53 Å². The van der Waals surface area contributed by atoms with Crippen LogP contribution in [0.25, 0.3) is 11.3 Å². The van der Waals surface area contributed by atoms with E-state index in [1.807, 2.05) is 38.1 Å². The summed E-state index contributed by atoms with van der Waals surface area (Å²) in [5.41, 5.74) is 2.68. The molecule has 0 aliphatic rings. The van der Waals surface area contributed by atoms with Crippen molar-refractivity contribution >= 4 is 17.5 Å². The molecule has 0 saturated heterocycles. The van der Waals surface area contributed by atoms with E-state index < -0.39 is 0 Å². The molecule has 1 amide bonds. The predicted molar refractivity (Wildman–Crippen MR) is 100 cm³/mol. The summed E-state index contributed by atoms with van der Waals surface area (Å²) >= 11 is 6.00. The Morgan fingerprint density at radius 1 is 1.27 bits per heavy atom. The first-order chi connectivity index (χ1) is 12.5. The summed E-state index contributed by atoms with van der Waals surface area (Å²) < 4.78 is 5.66. The average Bonchev–Trinajstić information content (AvgIpc) is 3.10. The lowest BCUT2D eigenvalue weighted by molar-refractivity contribution is 0.0945. The minimum absolute atomic E-state index is 0.00668. The van der Waals surface area contributed by atoms with Crippen LogP contribution in [0.5, 0.6) is 5.88 Å². The second kappa shape index (κ2) is 8.01. The van der Waals surface area contributed by atoms with Crippen molar-refractivity contribution in [2.45, 2.75) is 26.5 Å². The Balaban J connectivity index is 1.68. The summed E-state index contributed by atoms with van der Waals surface area (Å²) in [6.07, 6.45) is 1.67. The molecule has 0 bridgehead atoms. The Labute approximate surface area is 156 Å². The summed E-state index contributed by atoms with van der Waals surface area (Å²) in [6, 6.07) is 12.7. The van der Waals surface area contributed by atoms with Crippen LogP contribution in [0.1, 0.15) is 29.9 Å². The highest BCUT2D eigenvalue weighted by atomic mass is 35.5. The SMILES string of the molecule is CC(C)Oc1ncccc1CNC(=O)c1cc(-c2cccc(Cl)c2)n[nH]1. The van der Waals surface area contributed by atoms with Gasteiger partial charge in [-0.2, -0.15) is 5.10 Å². The molecule has 26 heavy (non-hydrogen) atoms. The first-order valence-electron chi connectivity index (χ1n) is 8.23. The third kappa shape index (κ3) is 4.40. The van der Waals surface area contributed by atoms with E-state index >= 15 is 0 Å². The number of carbonyl (C=O) groups is 1. The number of hydrogen-bond acceptors (Lipinski definition) is 4. The Morgan fingerprint density at radius 3 is 2.88 bits per heavy atom. The van der Waals surface area contributed by atoms with Crippen LogP contribution in [0.2, 0.25) is 5.02 Å². The summed E-state index contributed by atoms with van der Waals surface area (Å²) in [5.74, 6) is 0.261. The topological polar surface area (TPSA) is 79.9 Å². The van der Waals surface area contributed by atoms with Crippen molar-refractivity contribution in [2.75, 3.05) is 0 Å². The van der Waals surface area contributed by atoms with E-state index in [1.165, 1.54) is 0 Å². The number of aromatic amines is 1. The first-order valence-corrected chi connectivity index (χ1v) is 8.61. The number of halogens is 1. The van der Waals surface area contributed by atoms with Gasteiger partial charge in [-0.15, -0.1) is 0 Å². The van der Waals surface area contributed by atoms with Gasteiger partial charge in [-0.3, -0.25) is 9.89 Å². The molecule has 0 spiro atoms. The highest BCUT2D eigenvalue weighted by Gasteiger charge is 2.13. The summed E-state index contributed by atoms with van der Waals surface area (Å²) in [7, 11) is 0. The Morgan fingerprint density at radius 2 is 2.12 bits per heavy atom. The van der Waals surface area contributed by atoms with Crippen LogP contribution in [0.15, 0.2) is 48.7 Å². The number of ether oxygens (including phenoxy) is 1. The fraction of sp³-hybridized carbons (Fsp3) is 0.211. The van der Waals surface area contributed by atoms with Crippen LogP contribution < -0.4 is 10.1 Å². The Kier molecular flexibility index (Phi) is 5.53. The fourth-order valence-electron chi connectivity index (χ4n) is 2.39. The number of nitrogens with one attached hydrogen (secondary N) is 2. The van der Waals surface area contributed by atoms with E-state index in [-0.39, 0.29) is 12.0 Å². The average molecular weight is 371 g/mol. The van der Waals surface area contributed by atoms with Crippen molar-refractivity contribution in [2.24, 2.45) is 0 Å². The maximum atomic E-state index is 12.4. The zero-order chi connectivity index (χ0) is 18.5. The van der Waals surface area contributed by atoms with E-state index in [4.69, 9.17) is 16.3 Å². The van der Waals surface area contributed by atoms with Gasteiger partial charge in [0.1, 0.15) is 5.69 Å². The monoisotopic (exact) mass is 370 g/mol. The normalized spacial score (nSPS) is 10.8. The molecule has 3 aromatic rings. The molecule has 0 saturated carbocycles. The quantitative estimate of drug-likeness (QED) is 0.690. The number of nitrogens with zero attached hydrogens (tertiary/aromatic N) is 2. The van der Waals surface area contributed by atoms with Crippen molar-refractivity contribution in [3.05, 3.63) is 64.9 Å². The van der Waals surface area contributed by atoms with Crippen LogP contribution in [0, 0.1) is 0 Å². The number of benzene rings is 1. The van der Waals surface area contributed by atoms with Gasteiger partial charge in [-0.25, -0.2) is 4.98 Å². The van der Waals surface area contributed by atoms with E-state index in [2.05, 4.69) is 20.5 Å². The number of hydrogen-bond donors (Lipinski definition) is 2. The maximum absolute atomic E-state index is 12.4. The molecule has 0 aliphatic carbocycles. The lowest BCUT2D eigenvalue weighted by Gasteiger charge is -2.13. The van der Waals surface area contributed by atoms with Gasteiger partial charge < -0.3 is 10.1 Å². The Hall–Kier alpha value is -2.86. The van der Waals surface area contributed by atoms with Gasteiger partial charge in [-0.1, -0.05) is 29.8 Å². The molecule has 6 nitrogen and oxygen atoms in total. The van der Waals surface area contributed by atoms with Crippen molar-refractivity contribution in [3.63, 3.8) is 0 Å². The largest absolute Gasteiger partial charge is 0.475 e. The number of carbonyl (C=O) groups excluding carboxylic acids is 1. The molecular weight excluding hydrogens is 352 g/mol. The van der Waals surface area contributed by atoms with E-state index in [0.717, 1.165) is 11.1 Å². The maximum Gasteiger partial charge on any atom is 0.269 e. The number of amides is 1. The van der Waals surface area contributed by atoms with Gasteiger partial charge in [0, 0.05) is 28.9 Å². The molecule has 0 fully saturated rings. The fourth-order valence-corrected chi connectivity index (χ4v) is 2.58.